The first-order valence-corrected chi connectivity index (χ1v) is 8.38. The normalized spacial score (nSPS) is 22.6. The Bertz CT molecular complexity index is 409. The summed E-state index contributed by atoms with van der Waals surface area (Å²) in [6.07, 6.45) is 2.84. The van der Waals surface area contributed by atoms with Crippen LogP contribution in [0.2, 0.25) is 5.02 Å². The zero-order chi connectivity index (χ0) is 13.8. The van der Waals surface area contributed by atoms with Crippen LogP contribution in [-0.2, 0) is 6.54 Å². The molecule has 0 aromatic carbocycles. The van der Waals surface area contributed by atoms with E-state index in [0.717, 1.165) is 36.0 Å². The Hall–Kier alpha value is -0.230. The van der Waals surface area contributed by atoms with Gasteiger partial charge in [0.25, 0.3) is 0 Å². The average molecular weight is 303 g/mol. The lowest BCUT2D eigenvalue weighted by Gasteiger charge is -2.38. The van der Waals surface area contributed by atoms with Crippen molar-refractivity contribution in [3.63, 3.8) is 0 Å². The van der Waals surface area contributed by atoms with Crippen LogP contribution in [0.3, 0.4) is 0 Å². The molecule has 2 heterocycles. The van der Waals surface area contributed by atoms with Gasteiger partial charge < -0.3 is 5.32 Å². The first kappa shape index (κ1) is 15.2. The van der Waals surface area contributed by atoms with Gasteiger partial charge in [0.1, 0.15) is 0 Å². The lowest BCUT2D eigenvalue weighted by atomic mass is 10.0. The number of aromatic nitrogens is 2. The van der Waals surface area contributed by atoms with E-state index < -0.39 is 0 Å². The molecule has 1 fully saturated rings. The standard InChI is InChI=1S/C13H23ClN4S/c1-4-5-18-13(10(14)8-16-18)12(15-2)11-9-19-7-6-17(11)3/h8,11-12,15H,4-7,9H2,1-3H3. The smallest absolute Gasteiger partial charge is 0.0834 e. The van der Waals surface area contributed by atoms with Gasteiger partial charge in [0, 0.05) is 30.6 Å². The van der Waals surface area contributed by atoms with Crippen LogP contribution >= 0.6 is 23.4 Å². The van der Waals surface area contributed by atoms with Crippen molar-refractivity contribution in [2.24, 2.45) is 0 Å². The summed E-state index contributed by atoms with van der Waals surface area (Å²) in [5, 5.41) is 8.63. The molecule has 1 aromatic heterocycles. The largest absolute Gasteiger partial charge is 0.310 e. The third kappa shape index (κ3) is 3.27. The minimum absolute atomic E-state index is 0.236. The van der Waals surface area contributed by atoms with Crippen molar-refractivity contribution in [2.75, 3.05) is 32.1 Å². The number of aryl methyl sites for hydroxylation is 1. The number of nitrogens with one attached hydrogen (secondary N) is 1. The third-order valence-corrected chi connectivity index (χ3v) is 5.04. The van der Waals surface area contributed by atoms with E-state index in [1.165, 1.54) is 5.75 Å². The van der Waals surface area contributed by atoms with Crippen LogP contribution in [-0.4, -0.2) is 52.9 Å². The second-order valence-corrected chi connectivity index (χ2v) is 6.55. The first-order chi connectivity index (χ1) is 9.19. The van der Waals surface area contributed by atoms with Gasteiger partial charge in [-0.05, 0) is 20.5 Å². The van der Waals surface area contributed by atoms with E-state index in [1.807, 2.05) is 18.8 Å². The van der Waals surface area contributed by atoms with Gasteiger partial charge in [0.2, 0.25) is 0 Å². The van der Waals surface area contributed by atoms with Gasteiger partial charge >= 0.3 is 0 Å². The number of thioether (sulfide) groups is 1. The Morgan fingerprint density at radius 3 is 3.05 bits per heavy atom. The third-order valence-electron chi connectivity index (χ3n) is 3.70. The molecule has 0 saturated carbocycles. The highest BCUT2D eigenvalue weighted by Gasteiger charge is 2.31. The van der Waals surface area contributed by atoms with Crippen molar-refractivity contribution < 1.29 is 0 Å². The maximum absolute atomic E-state index is 6.37. The Balaban J connectivity index is 2.27. The van der Waals surface area contributed by atoms with E-state index >= 15 is 0 Å². The van der Waals surface area contributed by atoms with Crippen LogP contribution in [0.4, 0.5) is 0 Å². The Kier molecular flexibility index (Phi) is 5.57. The minimum Gasteiger partial charge on any atom is -0.310 e. The fourth-order valence-corrected chi connectivity index (χ4v) is 4.17. The molecule has 108 valence electrons. The molecule has 4 nitrogen and oxygen atoms in total. The number of nitrogens with zero attached hydrogens (tertiary/aromatic N) is 3. The quantitative estimate of drug-likeness (QED) is 0.904. The highest BCUT2D eigenvalue weighted by Crippen LogP contribution is 2.30. The van der Waals surface area contributed by atoms with Crippen LogP contribution in [0.25, 0.3) is 0 Å². The van der Waals surface area contributed by atoms with Crippen LogP contribution in [0.5, 0.6) is 0 Å². The summed E-state index contributed by atoms with van der Waals surface area (Å²) in [5.74, 6) is 2.35. The molecule has 1 aromatic rings. The molecule has 0 amide bonds. The summed E-state index contributed by atoms with van der Waals surface area (Å²) < 4.78 is 2.05. The molecule has 0 bridgehead atoms. The molecule has 1 aliphatic heterocycles. The van der Waals surface area contributed by atoms with Crippen LogP contribution in [0, 0.1) is 0 Å². The van der Waals surface area contributed by atoms with Crippen molar-refractivity contribution in [3.05, 3.63) is 16.9 Å². The van der Waals surface area contributed by atoms with Crippen molar-refractivity contribution in [1.82, 2.24) is 20.0 Å². The van der Waals surface area contributed by atoms with Gasteiger partial charge in [-0.15, -0.1) is 0 Å². The molecule has 19 heavy (non-hydrogen) atoms. The number of rotatable bonds is 5. The summed E-state index contributed by atoms with van der Waals surface area (Å²) in [4.78, 5) is 2.43. The van der Waals surface area contributed by atoms with E-state index in [2.05, 4.69) is 34.0 Å². The van der Waals surface area contributed by atoms with Crippen molar-refractivity contribution >= 4 is 23.4 Å². The predicted octanol–water partition coefficient (Wildman–Crippen LogP) is 2.25. The Morgan fingerprint density at radius 2 is 2.42 bits per heavy atom. The Morgan fingerprint density at radius 1 is 1.63 bits per heavy atom. The van der Waals surface area contributed by atoms with E-state index in [-0.39, 0.29) is 6.04 Å². The number of likely N-dealkylation sites (N-methyl/N-ethyl adjacent to an activating group) is 2. The van der Waals surface area contributed by atoms with Gasteiger partial charge in [-0.1, -0.05) is 18.5 Å². The summed E-state index contributed by atoms with van der Waals surface area (Å²) in [7, 11) is 4.21. The van der Waals surface area contributed by atoms with E-state index in [1.54, 1.807) is 6.20 Å². The van der Waals surface area contributed by atoms with E-state index in [0.29, 0.717) is 6.04 Å². The lowest BCUT2D eigenvalue weighted by Crippen LogP contribution is -2.47. The van der Waals surface area contributed by atoms with Gasteiger partial charge in [-0.2, -0.15) is 16.9 Å². The lowest BCUT2D eigenvalue weighted by molar-refractivity contribution is 0.215. The second-order valence-electron chi connectivity index (χ2n) is 4.99. The molecule has 2 rings (SSSR count). The topological polar surface area (TPSA) is 33.1 Å². The van der Waals surface area contributed by atoms with Gasteiger partial charge in [-0.3, -0.25) is 9.58 Å². The summed E-state index contributed by atoms with van der Waals surface area (Å²) in [6.45, 7) is 4.22. The van der Waals surface area contributed by atoms with Crippen molar-refractivity contribution in [3.8, 4) is 0 Å². The Labute approximate surface area is 124 Å². The zero-order valence-corrected chi connectivity index (χ0v) is 13.5. The molecular formula is C13H23ClN4S. The van der Waals surface area contributed by atoms with Gasteiger partial charge in [0.05, 0.1) is 23.0 Å². The van der Waals surface area contributed by atoms with Crippen molar-refractivity contribution in [1.29, 1.82) is 0 Å². The summed E-state index contributed by atoms with van der Waals surface area (Å²) in [5.41, 5.74) is 1.13. The van der Waals surface area contributed by atoms with Crippen LogP contribution in [0.15, 0.2) is 6.20 Å². The predicted molar refractivity (Wildman–Crippen MR) is 83.1 cm³/mol. The monoisotopic (exact) mass is 302 g/mol. The zero-order valence-electron chi connectivity index (χ0n) is 11.9. The first-order valence-electron chi connectivity index (χ1n) is 6.85. The fraction of sp³-hybridized carbons (Fsp3) is 0.769. The average Bonchev–Trinajstić information content (AvgIpc) is 2.75. The molecule has 6 heteroatoms. The number of halogens is 1. The summed E-state index contributed by atoms with van der Waals surface area (Å²) >= 11 is 8.39. The molecule has 1 aliphatic rings. The number of hydrogen-bond donors (Lipinski definition) is 1. The second kappa shape index (κ2) is 6.97. The number of hydrogen-bond acceptors (Lipinski definition) is 4. The molecule has 1 N–H and O–H groups in total. The van der Waals surface area contributed by atoms with Crippen molar-refractivity contribution in [2.45, 2.75) is 32.0 Å². The molecule has 0 aliphatic carbocycles. The molecular weight excluding hydrogens is 280 g/mol. The van der Waals surface area contributed by atoms with E-state index in [9.17, 15) is 0 Å². The molecule has 0 spiro atoms. The highest BCUT2D eigenvalue weighted by molar-refractivity contribution is 7.99. The van der Waals surface area contributed by atoms with Gasteiger partial charge in [-0.25, -0.2) is 0 Å². The van der Waals surface area contributed by atoms with E-state index in [4.69, 9.17) is 11.6 Å². The van der Waals surface area contributed by atoms with Crippen LogP contribution in [0.1, 0.15) is 25.1 Å². The molecule has 1 saturated heterocycles. The minimum atomic E-state index is 0.236. The SMILES string of the molecule is CCCn1ncc(Cl)c1C(NC)C1CSCCN1C. The maximum atomic E-state index is 6.37. The maximum Gasteiger partial charge on any atom is 0.0834 e. The summed E-state index contributed by atoms with van der Waals surface area (Å²) in [6, 6.07) is 0.702. The van der Waals surface area contributed by atoms with Crippen LogP contribution < -0.4 is 5.32 Å². The van der Waals surface area contributed by atoms with Gasteiger partial charge in [0.15, 0.2) is 0 Å². The molecule has 2 unspecified atom stereocenters. The molecule has 2 atom stereocenters. The fourth-order valence-electron chi connectivity index (χ4n) is 2.64. The molecule has 0 radical (unpaired) electrons. The highest BCUT2D eigenvalue weighted by atomic mass is 35.5.